The van der Waals surface area contributed by atoms with Gasteiger partial charge in [-0.2, -0.15) is 0 Å². The molecule has 0 aliphatic heterocycles. The Morgan fingerprint density at radius 3 is 2.56 bits per heavy atom. The van der Waals surface area contributed by atoms with Gasteiger partial charge in [-0.1, -0.05) is 0 Å². The average Bonchev–Trinajstić information content (AvgIpc) is 2.41. The number of aromatic nitrogens is 1. The molecular weight excluding hydrogens is 254 g/mol. The van der Waals surface area contributed by atoms with Crippen molar-refractivity contribution in [2.24, 2.45) is 5.73 Å². The SMILES string of the molecule is Cc1sc(NC(=O)OC(C)(C)C)nc1CC(N)=O. The van der Waals surface area contributed by atoms with Gasteiger partial charge in [-0.15, -0.1) is 11.3 Å². The molecule has 18 heavy (non-hydrogen) atoms. The maximum Gasteiger partial charge on any atom is 0.413 e. The molecule has 0 saturated carbocycles. The summed E-state index contributed by atoms with van der Waals surface area (Å²) < 4.78 is 5.10. The van der Waals surface area contributed by atoms with Crippen molar-refractivity contribution >= 4 is 28.5 Å². The molecular formula is C11H17N3O3S. The zero-order chi connectivity index (χ0) is 13.9. The molecule has 0 bridgehead atoms. The van der Waals surface area contributed by atoms with Crippen LogP contribution in [0.15, 0.2) is 0 Å². The van der Waals surface area contributed by atoms with Crippen molar-refractivity contribution in [1.82, 2.24) is 4.98 Å². The smallest absolute Gasteiger partial charge is 0.413 e. The molecule has 1 rings (SSSR count). The molecule has 0 fully saturated rings. The van der Waals surface area contributed by atoms with E-state index in [-0.39, 0.29) is 6.42 Å². The van der Waals surface area contributed by atoms with Crippen molar-refractivity contribution in [1.29, 1.82) is 0 Å². The molecule has 0 saturated heterocycles. The summed E-state index contributed by atoms with van der Waals surface area (Å²) >= 11 is 1.28. The number of aryl methyl sites for hydroxylation is 1. The van der Waals surface area contributed by atoms with Crippen molar-refractivity contribution in [3.05, 3.63) is 10.6 Å². The highest BCUT2D eigenvalue weighted by atomic mass is 32.1. The predicted octanol–water partition coefficient (Wildman–Crippen LogP) is 1.83. The Hall–Kier alpha value is -1.63. The van der Waals surface area contributed by atoms with Crippen LogP contribution < -0.4 is 11.1 Å². The van der Waals surface area contributed by atoms with Crippen LogP contribution in [-0.4, -0.2) is 22.6 Å². The van der Waals surface area contributed by atoms with E-state index < -0.39 is 17.6 Å². The standard InChI is InChI=1S/C11H17N3O3S/c1-6-7(5-8(12)15)13-9(18-6)14-10(16)17-11(2,3)4/h5H2,1-4H3,(H2,12,15)(H,13,14,16). The summed E-state index contributed by atoms with van der Waals surface area (Å²) in [6.07, 6.45) is -0.500. The van der Waals surface area contributed by atoms with Crippen LogP contribution in [0.4, 0.5) is 9.93 Å². The number of hydrogen-bond acceptors (Lipinski definition) is 5. The van der Waals surface area contributed by atoms with Gasteiger partial charge in [0.15, 0.2) is 5.13 Å². The molecule has 0 radical (unpaired) electrons. The summed E-state index contributed by atoms with van der Waals surface area (Å²) in [5, 5.41) is 2.93. The Morgan fingerprint density at radius 1 is 1.44 bits per heavy atom. The van der Waals surface area contributed by atoms with Crippen molar-refractivity contribution in [2.45, 2.75) is 39.7 Å². The lowest BCUT2D eigenvalue weighted by Gasteiger charge is -2.18. The molecule has 0 atom stereocenters. The first-order chi connectivity index (χ1) is 8.17. The number of carbonyl (C=O) groups is 2. The van der Waals surface area contributed by atoms with Gasteiger partial charge < -0.3 is 10.5 Å². The topological polar surface area (TPSA) is 94.3 Å². The van der Waals surface area contributed by atoms with Gasteiger partial charge in [0.2, 0.25) is 5.91 Å². The van der Waals surface area contributed by atoms with Crippen LogP contribution in [0.2, 0.25) is 0 Å². The third-order valence-corrected chi connectivity index (χ3v) is 2.77. The number of hydrogen-bond donors (Lipinski definition) is 2. The minimum absolute atomic E-state index is 0.0678. The number of anilines is 1. The molecule has 1 heterocycles. The lowest BCUT2D eigenvalue weighted by molar-refractivity contribution is -0.117. The van der Waals surface area contributed by atoms with E-state index >= 15 is 0 Å². The molecule has 2 amide bonds. The number of nitrogens with one attached hydrogen (secondary N) is 1. The number of carbonyl (C=O) groups excluding carboxylic acids is 2. The molecule has 3 N–H and O–H groups in total. The first-order valence-electron chi connectivity index (χ1n) is 5.42. The van der Waals surface area contributed by atoms with Gasteiger partial charge >= 0.3 is 6.09 Å². The Morgan fingerprint density at radius 2 is 2.06 bits per heavy atom. The molecule has 6 nitrogen and oxygen atoms in total. The molecule has 7 heteroatoms. The van der Waals surface area contributed by atoms with Crippen molar-refractivity contribution in [2.75, 3.05) is 5.32 Å². The lowest BCUT2D eigenvalue weighted by atomic mass is 10.2. The zero-order valence-electron chi connectivity index (χ0n) is 10.9. The number of ether oxygens (including phenoxy) is 1. The lowest BCUT2D eigenvalue weighted by Crippen LogP contribution is -2.27. The second-order valence-electron chi connectivity index (χ2n) is 4.79. The minimum Gasteiger partial charge on any atom is -0.444 e. The molecule has 0 spiro atoms. The van der Waals surface area contributed by atoms with Gasteiger partial charge in [0.25, 0.3) is 0 Å². The molecule has 0 aromatic carbocycles. The van der Waals surface area contributed by atoms with Crippen molar-refractivity contribution in [3.63, 3.8) is 0 Å². The van der Waals surface area contributed by atoms with Gasteiger partial charge in [-0.05, 0) is 27.7 Å². The zero-order valence-corrected chi connectivity index (χ0v) is 11.7. The van der Waals surface area contributed by atoms with E-state index in [0.717, 1.165) is 4.88 Å². The fraction of sp³-hybridized carbons (Fsp3) is 0.545. The van der Waals surface area contributed by atoms with Crippen LogP contribution in [-0.2, 0) is 16.0 Å². The summed E-state index contributed by atoms with van der Waals surface area (Å²) in [5.74, 6) is -0.452. The van der Waals surface area contributed by atoms with Crippen LogP contribution in [0.5, 0.6) is 0 Å². The van der Waals surface area contributed by atoms with E-state index in [1.165, 1.54) is 11.3 Å². The number of primary amides is 1. The molecule has 0 aliphatic carbocycles. The molecule has 1 aromatic rings. The van der Waals surface area contributed by atoms with Crippen LogP contribution in [0.25, 0.3) is 0 Å². The van der Waals surface area contributed by atoms with Crippen LogP contribution in [0.3, 0.4) is 0 Å². The van der Waals surface area contributed by atoms with Gasteiger partial charge in [0, 0.05) is 4.88 Å². The van der Waals surface area contributed by atoms with Gasteiger partial charge in [-0.25, -0.2) is 9.78 Å². The van der Waals surface area contributed by atoms with E-state index in [1.807, 2.05) is 6.92 Å². The maximum atomic E-state index is 11.5. The van der Waals surface area contributed by atoms with Gasteiger partial charge in [0.05, 0.1) is 12.1 Å². The quantitative estimate of drug-likeness (QED) is 0.876. The van der Waals surface area contributed by atoms with Gasteiger partial charge in [-0.3, -0.25) is 10.1 Å². The first kappa shape index (κ1) is 14.4. The monoisotopic (exact) mass is 271 g/mol. The van der Waals surface area contributed by atoms with Crippen LogP contribution in [0, 0.1) is 6.92 Å². The normalized spacial score (nSPS) is 11.1. The largest absolute Gasteiger partial charge is 0.444 e. The number of rotatable bonds is 3. The molecule has 1 aromatic heterocycles. The first-order valence-corrected chi connectivity index (χ1v) is 6.23. The summed E-state index contributed by atoms with van der Waals surface area (Å²) in [6, 6.07) is 0. The van der Waals surface area contributed by atoms with Crippen LogP contribution >= 0.6 is 11.3 Å². The highest BCUT2D eigenvalue weighted by molar-refractivity contribution is 7.15. The minimum atomic E-state index is -0.568. The van der Waals surface area contributed by atoms with Gasteiger partial charge in [0.1, 0.15) is 5.60 Å². The third kappa shape index (κ3) is 4.70. The number of amides is 2. The summed E-state index contributed by atoms with van der Waals surface area (Å²) in [4.78, 5) is 27.3. The Bertz CT molecular complexity index is 463. The fourth-order valence-electron chi connectivity index (χ4n) is 1.20. The Balaban J connectivity index is 2.69. The summed E-state index contributed by atoms with van der Waals surface area (Å²) in [7, 11) is 0. The molecule has 100 valence electrons. The fourth-order valence-corrected chi connectivity index (χ4v) is 2.02. The van der Waals surface area contributed by atoms with Crippen LogP contribution in [0.1, 0.15) is 31.3 Å². The van der Waals surface area contributed by atoms with E-state index in [1.54, 1.807) is 20.8 Å². The van der Waals surface area contributed by atoms with Crippen molar-refractivity contribution < 1.29 is 14.3 Å². The predicted molar refractivity (Wildman–Crippen MR) is 69.6 cm³/mol. The summed E-state index contributed by atoms with van der Waals surface area (Å²) in [6.45, 7) is 7.14. The number of nitrogens with zero attached hydrogens (tertiary/aromatic N) is 1. The average molecular weight is 271 g/mol. The highest BCUT2D eigenvalue weighted by Gasteiger charge is 2.18. The van der Waals surface area contributed by atoms with E-state index in [2.05, 4.69) is 10.3 Å². The number of thiazole rings is 1. The van der Waals surface area contributed by atoms with E-state index in [9.17, 15) is 9.59 Å². The molecule has 0 aliphatic rings. The van der Waals surface area contributed by atoms with E-state index in [4.69, 9.17) is 10.5 Å². The third-order valence-electron chi connectivity index (χ3n) is 1.84. The Labute approximate surface area is 110 Å². The number of nitrogens with two attached hydrogens (primary N) is 1. The second kappa shape index (κ2) is 5.34. The van der Waals surface area contributed by atoms with E-state index in [0.29, 0.717) is 10.8 Å². The van der Waals surface area contributed by atoms with Crippen molar-refractivity contribution in [3.8, 4) is 0 Å². The Kier molecular flexibility index (Phi) is 4.28. The second-order valence-corrected chi connectivity index (χ2v) is 6.00. The maximum absolute atomic E-state index is 11.5. The molecule has 0 unspecified atom stereocenters. The summed E-state index contributed by atoms with van der Waals surface area (Å²) in [5.41, 5.74) is 5.12. The highest BCUT2D eigenvalue weighted by Crippen LogP contribution is 2.23.